The number of aryl methyl sites for hydroxylation is 1. The highest BCUT2D eigenvalue weighted by Crippen LogP contribution is 2.30. The summed E-state index contributed by atoms with van der Waals surface area (Å²) in [7, 11) is 0. The molecule has 9 nitrogen and oxygen atoms in total. The summed E-state index contributed by atoms with van der Waals surface area (Å²) in [6.45, 7) is 1.91. The van der Waals surface area contributed by atoms with Gasteiger partial charge in [-0.2, -0.15) is 0 Å². The topological polar surface area (TPSA) is 125 Å². The number of rotatable bonds is 4. The third-order valence-electron chi connectivity index (χ3n) is 3.26. The SMILES string of the molecule is Cc1cccc(-c2nnc(-c3cc([N+](=O)[O-])cc([N+](=O)[O-])c3)o2)c1. The van der Waals surface area contributed by atoms with Gasteiger partial charge in [0.05, 0.1) is 21.5 Å². The lowest BCUT2D eigenvalue weighted by Gasteiger charge is -1.98. The summed E-state index contributed by atoms with van der Waals surface area (Å²) in [6.07, 6.45) is 0. The Kier molecular flexibility index (Phi) is 3.74. The Hall–Kier alpha value is -3.62. The number of nitro groups is 2. The van der Waals surface area contributed by atoms with Crippen molar-refractivity contribution in [1.82, 2.24) is 10.2 Å². The van der Waals surface area contributed by atoms with Crippen molar-refractivity contribution in [3.05, 3.63) is 68.3 Å². The molecule has 0 aliphatic carbocycles. The molecule has 0 spiro atoms. The molecule has 9 heteroatoms. The van der Waals surface area contributed by atoms with Crippen molar-refractivity contribution < 1.29 is 14.3 Å². The van der Waals surface area contributed by atoms with Crippen LogP contribution < -0.4 is 0 Å². The minimum atomic E-state index is -0.714. The standard InChI is InChI=1S/C15H10N4O5/c1-9-3-2-4-10(5-9)14-16-17-15(24-14)11-6-12(18(20)21)8-13(7-11)19(22)23/h2-8H,1H3. The lowest BCUT2D eigenvalue weighted by molar-refractivity contribution is -0.394. The van der Waals surface area contributed by atoms with Crippen LogP contribution in [0.1, 0.15) is 5.56 Å². The molecule has 1 heterocycles. The fourth-order valence-electron chi connectivity index (χ4n) is 2.16. The van der Waals surface area contributed by atoms with Crippen LogP contribution >= 0.6 is 0 Å². The maximum atomic E-state index is 10.9. The maximum Gasteiger partial charge on any atom is 0.277 e. The highest BCUT2D eigenvalue weighted by molar-refractivity contribution is 5.64. The van der Waals surface area contributed by atoms with Crippen LogP contribution in [0.3, 0.4) is 0 Å². The number of aromatic nitrogens is 2. The van der Waals surface area contributed by atoms with E-state index in [1.54, 1.807) is 6.07 Å². The first-order chi connectivity index (χ1) is 11.4. The van der Waals surface area contributed by atoms with E-state index >= 15 is 0 Å². The molecule has 0 fully saturated rings. The number of nitro benzene ring substituents is 2. The first-order valence-corrected chi connectivity index (χ1v) is 6.79. The van der Waals surface area contributed by atoms with E-state index in [1.807, 2.05) is 25.1 Å². The summed E-state index contributed by atoms with van der Waals surface area (Å²) in [4.78, 5) is 20.5. The van der Waals surface area contributed by atoms with Gasteiger partial charge in [0.25, 0.3) is 11.4 Å². The number of non-ortho nitro benzene ring substituents is 2. The number of hydrogen-bond donors (Lipinski definition) is 0. The number of benzene rings is 2. The average Bonchev–Trinajstić information content (AvgIpc) is 3.04. The Labute approximate surface area is 134 Å². The van der Waals surface area contributed by atoms with Crippen molar-refractivity contribution in [1.29, 1.82) is 0 Å². The minimum absolute atomic E-state index is 0.0293. The van der Waals surface area contributed by atoms with Gasteiger partial charge >= 0.3 is 0 Å². The van der Waals surface area contributed by atoms with Crippen LogP contribution in [0.15, 0.2) is 46.9 Å². The van der Waals surface area contributed by atoms with Crippen LogP contribution in [0.4, 0.5) is 11.4 Å². The summed E-state index contributed by atoms with van der Waals surface area (Å²) < 4.78 is 5.51. The number of nitrogens with zero attached hydrogens (tertiary/aromatic N) is 4. The molecule has 0 saturated heterocycles. The zero-order valence-corrected chi connectivity index (χ0v) is 12.4. The maximum absolute atomic E-state index is 10.9. The molecule has 3 rings (SSSR count). The second-order valence-electron chi connectivity index (χ2n) is 5.03. The fourth-order valence-corrected chi connectivity index (χ4v) is 2.16. The van der Waals surface area contributed by atoms with Crippen molar-refractivity contribution >= 4 is 11.4 Å². The van der Waals surface area contributed by atoms with Crippen LogP contribution in [-0.2, 0) is 0 Å². The smallest absolute Gasteiger partial charge is 0.277 e. The molecule has 0 saturated carbocycles. The van der Waals surface area contributed by atoms with E-state index in [-0.39, 0.29) is 17.3 Å². The fraction of sp³-hybridized carbons (Fsp3) is 0.0667. The molecule has 1 aromatic heterocycles. The lowest BCUT2D eigenvalue weighted by Crippen LogP contribution is -1.94. The average molecular weight is 326 g/mol. The van der Waals surface area contributed by atoms with Crippen molar-refractivity contribution in [3.63, 3.8) is 0 Å². The van der Waals surface area contributed by atoms with Gasteiger partial charge in [-0.1, -0.05) is 17.7 Å². The van der Waals surface area contributed by atoms with E-state index in [4.69, 9.17) is 4.42 Å². The highest BCUT2D eigenvalue weighted by atomic mass is 16.6. The van der Waals surface area contributed by atoms with E-state index in [9.17, 15) is 20.2 Å². The molecule has 3 aromatic rings. The van der Waals surface area contributed by atoms with Crippen LogP contribution in [-0.4, -0.2) is 20.0 Å². The van der Waals surface area contributed by atoms with Crippen molar-refractivity contribution in [2.24, 2.45) is 0 Å². The first kappa shape index (κ1) is 15.3. The quantitative estimate of drug-likeness (QED) is 0.530. The van der Waals surface area contributed by atoms with E-state index in [0.29, 0.717) is 5.56 Å². The molecule has 0 amide bonds. The third kappa shape index (κ3) is 2.95. The second kappa shape index (κ2) is 5.88. The molecule has 2 aromatic carbocycles. The summed E-state index contributed by atoms with van der Waals surface area (Å²) in [5.74, 6) is 0.196. The van der Waals surface area contributed by atoms with Gasteiger partial charge in [-0.3, -0.25) is 20.2 Å². The molecular weight excluding hydrogens is 316 g/mol. The zero-order valence-electron chi connectivity index (χ0n) is 12.4. The number of hydrogen-bond acceptors (Lipinski definition) is 7. The Balaban J connectivity index is 2.06. The molecule has 0 aliphatic heterocycles. The van der Waals surface area contributed by atoms with E-state index < -0.39 is 21.2 Å². The Morgan fingerprint density at radius 1 is 0.875 bits per heavy atom. The minimum Gasteiger partial charge on any atom is -0.416 e. The predicted molar refractivity (Wildman–Crippen MR) is 83.2 cm³/mol. The van der Waals surface area contributed by atoms with Crippen molar-refractivity contribution in [2.75, 3.05) is 0 Å². The largest absolute Gasteiger partial charge is 0.416 e. The summed E-state index contributed by atoms with van der Waals surface area (Å²) in [6, 6.07) is 10.5. The van der Waals surface area contributed by atoms with E-state index in [1.165, 1.54) is 0 Å². The summed E-state index contributed by atoms with van der Waals surface area (Å²) in [5.41, 5.74) is 0.957. The Bertz CT molecular complexity index is 918. The van der Waals surface area contributed by atoms with Gasteiger partial charge in [0.15, 0.2) is 0 Å². The zero-order chi connectivity index (χ0) is 17.3. The van der Waals surface area contributed by atoms with Gasteiger partial charge < -0.3 is 4.42 Å². The molecule has 0 bridgehead atoms. The Morgan fingerprint density at radius 3 is 2.00 bits per heavy atom. The molecule has 0 radical (unpaired) electrons. The van der Waals surface area contributed by atoms with Crippen LogP contribution in [0.5, 0.6) is 0 Å². The first-order valence-electron chi connectivity index (χ1n) is 6.79. The third-order valence-corrected chi connectivity index (χ3v) is 3.26. The van der Waals surface area contributed by atoms with Gasteiger partial charge in [-0.15, -0.1) is 10.2 Å². The molecule has 120 valence electrons. The molecule has 0 unspecified atom stereocenters. The molecule has 0 atom stereocenters. The molecule has 24 heavy (non-hydrogen) atoms. The second-order valence-corrected chi connectivity index (χ2v) is 5.03. The summed E-state index contributed by atoms with van der Waals surface area (Å²) in [5, 5.41) is 29.6. The van der Waals surface area contributed by atoms with Crippen LogP contribution in [0, 0.1) is 27.2 Å². The monoisotopic (exact) mass is 326 g/mol. The Morgan fingerprint density at radius 2 is 1.46 bits per heavy atom. The molecule has 0 N–H and O–H groups in total. The summed E-state index contributed by atoms with van der Waals surface area (Å²) >= 11 is 0. The molecular formula is C15H10N4O5. The van der Waals surface area contributed by atoms with Gasteiger partial charge in [0.1, 0.15) is 0 Å². The van der Waals surface area contributed by atoms with Gasteiger partial charge in [0, 0.05) is 17.7 Å². The van der Waals surface area contributed by atoms with Gasteiger partial charge in [-0.25, -0.2) is 0 Å². The van der Waals surface area contributed by atoms with E-state index in [2.05, 4.69) is 10.2 Å². The predicted octanol–water partition coefficient (Wildman–Crippen LogP) is 3.53. The molecule has 0 aliphatic rings. The van der Waals surface area contributed by atoms with Crippen LogP contribution in [0.2, 0.25) is 0 Å². The van der Waals surface area contributed by atoms with Crippen molar-refractivity contribution in [2.45, 2.75) is 6.92 Å². The van der Waals surface area contributed by atoms with Crippen LogP contribution in [0.25, 0.3) is 22.9 Å². The lowest BCUT2D eigenvalue weighted by atomic mass is 10.1. The van der Waals surface area contributed by atoms with Crippen molar-refractivity contribution in [3.8, 4) is 22.9 Å². The van der Waals surface area contributed by atoms with E-state index in [0.717, 1.165) is 23.8 Å². The van der Waals surface area contributed by atoms with Gasteiger partial charge in [-0.05, 0) is 19.1 Å². The normalized spacial score (nSPS) is 10.5. The van der Waals surface area contributed by atoms with Gasteiger partial charge in [0.2, 0.25) is 11.8 Å². The highest BCUT2D eigenvalue weighted by Gasteiger charge is 2.20.